The van der Waals surface area contributed by atoms with Gasteiger partial charge in [0.2, 0.25) is 0 Å². The Morgan fingerprint density at radius 2 is 1.79 bits per heavy atom. The summed E-state index contributed by atoms with van der Waals surface area (Å²) in [6, 6.07) is 14.0. The molecule has 1 aliphatic rings. The van der Waals surface area contributed by atoms with Crippen LogP contribution in [0.15, 0.2) is 47.5 Å². The highest BCUT2D eigenvalue weighted by Crippen LogP contribution is 2.25. The third kappa shape index (κ3) is 4.35. The summed E-state index contributed by atoms with van der Waals surface area (Å²) in [7, 11) is 3.03. The molecule has 0 fully saturated rings. The van der Waals surface area contributed by atoms with Crippen LogP contribution in [0.3, 0.4) is 0 Å². The van der Waals surface area contributed by atoms with Crippen molar-refractivity contribution in [1.82, 2.24) is 0 Å². The second kappa shape index (κ2) is 8.15. The number of benzene rings is 2. The van der Waals surface area contributed by atoms with E-state index in [2.05, 4.69) is 21.9 Å². The van der Waals surface area contributed by atoms with E-state index in [1.807, 2.05) is 30.3 Å². The highest BCUT2D eigenvalue weighted by atomic mass is 16.5. The normalized spacial score (nSPS) is 12.2. The maximum atomic E-state index is 9.59. The number of ether oxygens (including phenoxy) is 2. The van der Waals surface area contributed by atoms with Gasteiger partial charge in [0.25, 0.3) is 0 Å². The molecule has 5 nitrogen and oxygen atoms in total. The zero-order valence-corrected chi connectivity index (χ0v) is 14.2. The van der Waals surface area contributed by atoms with Crippen LogP contribution in [0, 0.1) is 0 Å². The molecular weight excluding hydrogens is 304 g/mol. The Balaban J connectivity index is 0.000000368. The minimum absolute atomic E-state index is 0.245. The summed E-state index contributed by atoms with van der Waals surface area (Å²) in [5.41, 5.74) is 11.1. The fourth-order valence-electron chi connectivity index (χ4n) is 2.38. The highest BCUT2D eigenvalue weighted by molar-refractivity contribution is 6.14. The fourth-order valence-corrected chi connectivity index (χ4v) is 2.38. The monoisotopic (exact) mass is 326 g/mol. The summed E-state index contributed by atoms with van der Waals surface area (Å²) >= 11 is 0. The predicted octanol–water partition coefficient (Wildman–Crippen LogP) is 2.85. The molecule has 1 aliphatic heterocycles. The molecular formula is C19H22N2O3. The van der Waals surface area contributed by atoms with E-state index < -0.39 is 0 Å². The maximum Gasteiger partial charge on any atom is 0.302 e. The zero-order valence-electron chi connectivity index (χ0n) is 14.2. The standard InChI is InChI=1S/C16H16N2O.C3H6O2/c1-19-14-7-4-11-8-9-18-16(15(11)10-14)12-2-5-13(17)6-3-12;1-3(4)5-2/h2-7,10H,8-9,17H2,1H3;1-2H3. The van der Waals surface area contributed by atoms with E-state index >= 15 is 0 Å². The number of nitrogens with two attached hydrogens (primary N) is 1. The van der Waals surface area contributed by atoms with Crippen LogP contribution in [0.4, 0.5) is 5.69 Å². The molecule has 0 amide bonds. The summed E-state index contributed by atoms with van der Waals surface area (Å²) in [6.45, 7) is 2.19. The van der Waals surface area contributed by atoms with Crippen molar-refractivity contribution in [3.05, 3.63) is 59.2 Å². The lowest BCUT2D eigenvalue weighted by Gasteiger charge is -2.18. The number of fused-ring (bicyclic) bond motifs is 1. The third-order valence-corrected chi connectivity index (χ3v) is 3.69. The van der Waals surface area contributed by atoms with Gasteiger partial charge >= 0.3 is 5.97 Å². The van der Waals surface area contributed by atoms with E-state index in [4.69, 9.17) is 10.5 Å². The van der Waals surface area contributed by atoms with Gasteiger partial charge in [-0.15, -0.1) is 0 Å². The van der Waals surface area contributed by atoms with Gasteiger partial charge in [-0.25, -0.2) is 0 Å². The SMILES string of the molecule is COC(C)=O.COc1ccc2c(c1)C(c1ccc(N)cc1)=NCC2. The Hall–Kier alpha value is -2.82. The molecule has 0 aromatic heterocycles. The number of nitrogen functional groups attached to an aromatic ring is 1. The van der Waals surface area contributed by atoms with Gasteiger partial charge in [0, 0.05) is 30.3 Å². The molecule has 0 atom stereocenters. The zero-order chi connectivity index (χ0) is 17.5. The molecule has 0 aliphatic carbocycles. The lowest BCUT2D eigenvalue weighted by Crippen LogP contribution is -2.14. The Morgan fingerprint density at radius 3 is 2.38 bits per heavy atom. The number of rotatable bonds is 2. The van der Waals surface area contributed by atoms with Crippen molar-refractivity contribution in [3.63, 3.8) is 0 Å². The molecule has 0 bridgehead atoms. The minimum atomic E-state index is -0.245. The molecule has 126 valence electrons. The molecule has 2 aromatic carbocycles. The van der Waals surface area contributed by atoms with E-state index in [0.29, 0.717) is 0 Å². The van der Waals surface area contributed by atoms with Gasteiger partial charge in [-0.1, -0.05) is 18.2 Å². The Labute approximate surface area is 142 Å². The van der Waals surface area contributed by atoms with Crippen molar-refractivity contribution >= 4 is 17.4 Å². The van der Waals surface area contributed by atoms with Gasteiger partial charge in [-0.3, -0.25) is 9.79 Å². The molecule has 24 heavy (non-hydrogen) atoms. The first-order chi connectivity index (χ1) is 11.5. The quantitative estimate of drug-likeness (QED) is 0.680. The Bertz CT molecular complexity index is 737. The van der Waals surface area contributed by atoms with Gasteiger partial charge in [-0.05, 0) is 36.2 Å². The van der Waals surface area contributed by atoms with Gasteiger partial charge in [0.15, 0.2) is 0 Å². The number of esters is 1. The molecule has 2 N–H and O–H groups in total. The highest BCUT2D eigenvalue weighted by Gasteiger charge is 2.16. The van der Waals surface area contributed by atoms with E-state index in [0.717, 1.165) is 41.2 Å². The van der Waals surface area contributed by atoms with Crippen LogP contribution in [0.1, 0.15) is 23.6 Å². The third-order valence-electron chi connectivity index (χ3n) is 3.69. The number of nitrogens with zero attached hydrogens (tertiary/aromatic N) is 1. The molecule has 0 saturated heterocycles. The Kier molecular flexibility index (Phi) is 5.95. The minimum Gasteiger partial charge on any atom is -0.497 e. The van der Waals surface area contributed by atoms with E-state index in [1.54, 1.807) is 7.11 Å². The van der Waals surface area contributed by atoms with E-state index in [-0.39, 0.29) is 5.97 Å². The lowest BCUT2D eigenvalue weighted by atomic mass is 9.93. The topological polar surface area (TPSA) is 73.9 Å². The first-order valence-electron chi connectivity index (χ1n) is 7.67. The molecule has 0 spiro atoms. The van der Waals surface area contributed by atoms with Gasteiger partial charge in [0.05, 0.1) is 19.9 Å². The number of hydrogen-bond acceptors (Lipinski definition) is 5. The second-order valence-electron chi connectivity index (χ2n) is 5.32. The predicted molar refractivity (Wildman–Crippen MR) is 95.7 cm³/mol. The molecule has 0 unspecified atom stereocenters. The number of hydrogen-bond donors (Lipinski definition) is 1. The van der Waals surface area contributed by atoms with Gasteiger partial charge in [-0.2, -0.15) is 0 Å². The molecule has 1 heterocycles. The largest absolute Gasteiger partial charge is 0.497 e. The van der Waals surface area contributed by atoms with E-state index in [9.17, 15) is 4.79 Å². The van der Waals surface area contributed by atoms with Gasteiger partial charge < -0.3 is 15.2 Å². The number of methoxy groups -OCH3 is 2. The summed E-state index contributed by atoms with van der Waals surface area (Å²) in [5.74, 6) is 0.619. The van der Waals surface area contributed by atoms with Crippen molar-refractivity contribution in [2.75, 3.05) is 26.5 Å². The summed E-state index contributed by atoms with van der Waals surface area (Å²) in [5, 5.41) is 0. The van der Waals surface area contributed by atoms with Crippen LogP contribution < -0.4 is 10.5 Å². The first kappa shape index (κ1) is 17.5. The van der Waals surface area contributed by atoms with Crippen LogP contribution in [0.2, 0.25) is 0 Å². The molecule has 2 aromatic rings. The van der Waals surface area contributed by atoms with Gasteiger partial charge in [0.1, 0.15) is 5.75 Å². The molecule has 0 saturated carbocycles. The Morgan fingerprint density at radius 1 is 1.12 bits per heavy atom. The van der Waals surface area contributed by atoms with Crippen molar-refractivity contribution in [3.8, 4) is 5.75 Å². The summed E-state index contributed by atoms with van der Waals surface area (Å²) in [4.78, 5) is 14.3. The van der Waals surface area contributed by atoms with Crippen LogP contribution in [0.25, 0.3) is 0 Å². The van der Waals surface area contributed by atoms with Crippen molar-refractivity contribution in [1.29, 1.82) is 0 Å². The van der Waals surface area contributed by atoms with Crippen LogP contribution >= 0.6 is 0 Å². The van der Waals surface area contributed by atoms with Crippen molar-refractivity contribution in [2.24, 2.45) is 4.99 Å². The lowest BCUT2D eigenvalue weighted by molar-refractivity contribution is -0.137. The van der Waals surface area contributed by atoms with Crippen LogP contribution in [-0.4, -0.2) is 32.4 Å². The van der Waals surface area contributed by atoms with Crippen LogP contribution in [-0.2, 0) is 16.0 Å². The maximum absolute atomic E-state index is 9.59. The average molecular weight is 326 g/mol. The van der Waals surface area contributed by atoms with Crippen molar-refractivity contribution < 1.29 is 14.3 Å². The average Bonchev–Trinajstić information content (AvgIpc) is 2.62. The van der Waals surface area contributed by atoms with E-state index in [1.165, 1.54) is 19.6 Å². The number of carbonyl (C=O) groups is 1. The van der Waals surface area contributed by atoms with Crippen LogP contribution in [0.5, 0.6) is 5.75 Å². The molecule has 0 radical (unpaired) electrons. The number of carbonyl (C=O) groups excluding carboxylic acids is 1. The second-order valence-corrected chi connectivity index (χ2v) is 5.32. The first-order valence-corrected chi connectivity index (χ1v) is 7.67. The molecule has 5 heteroatoms. The van der Waals surface area contributed by atoms with Crippen molar-refractivity contribution in [2.45, 2.75) is 13.3 Å². The summed E-state index contributed by atoms with van der Waals surface area (Å²) < 4.78 is 9.42. The fraction of sp³-hybridized carbons (Fsp3) is 0.263. The molecule has 3 rings (SSSR count). The smallest absolute Gasteiger partial charge is 0.302 e. The summed E-state index contributed by atoms with van der Waals surface area (Å²) in [6.07, 6.45) is 0.984. The number of aliphatic imine (C=N–C) groups is 1. The number of anilines is 1.